The summed E-state index contributed by atoms with van der Waals surface area (Å²) in [5.74, 6) is 1.47. The Morgan fingerprint density at radius 2 is 2.12 bits per heavy atom. The maximum Gasteiger partial charge on any atom is 0.119 e. The van der Waals surface area contributed by atoms with Gasteiger partial charge in [-0.15, -0.1) is 5.10 Å². The van der Waals surface area contributed by atoms with Gasteiger partial charge in [-0.05, 0) is 44.0 Å². The summed E-state index contributed by atoms with van der Waals surface area (Å²) in [6, 6.07) is 8.22. The fourth-order valence-electron chi connectivity index (χ4n) is 3.79. The molecule has 0 unspecified atom stereocenters. The standard InChI is InChI=1S/C18H23FN4O/c19-7-2-10-24-16-4-1-3-15(11-16)17-12-23(21-20-17)18-13-22-8-5-14(18)6-9-22/h1,3-4,11-12,14,18H,2,5-10,13H2/t18-/m1/s1. The molecule has 3 fully saturated rings. The zero-order valence-electron chi connectivity index (χ0n) is 13.8. The molecule has 128 valence electrons. The SMILES string of the molecule is FCCCOc1cccc(-c2cn([C@@H]3CN4CCC3CC4)nn2)c1. The average molecular weight is 330 g/mol. The van der Waals surface area contributed by atoms with Crippen molar-refractivity contribution in [1.82, 2.24) is 19.9 Å². The lowest BCUT2D eigenvalue weighted by molar-refractivity contribution is 0.0504. The van der Waals surface area contributed by atoms with Crippen LogP contribution >= 0.6 is 0 Å². The number of halogens is 1. The van der Waals surface area contributed by atoms with E-state index in [1.165, 1.54) is 25.9 Å². The molecule has 5 nitrogen and oxygen atoms in total. The molecule has 5 rings (SSSR count). The Balaban J connectivity index is 1.49. The van der Waals surface area contributed by atoms with Gasteiger partial charge in [-0.25, -0.2) is 4.68 Å². The summed E-state index contributed by atoms with van der Waals surface area (Å²) >= 11 is 0. The van der Waals surface area contributed by atoms with Crippen LogP contribution in [0.4, 0.5) is 4.39 Å². The van der Waals surface area contributed by atoms with E-state index in [1.54, 1.807) is 0 Å². The van der Waals surface area contributed by atoms with E-state index in [2.05, 4.69) is 15.2 Å². The van der Waals surface area contributed by atoms with Gasteiger partial charge in [0.05, 0.1) is 25.5 Å². The van der Waals surface area contributed by atoms with Crippen LogP contribution in [0.25, 0.3) is 11.3 Å². The highest BCUT2D eigenvalue weighted by atomic mass is 19.1. The van der Waals surface area contributed by atoms with Crippen LogP contribution in [0.2, 0.25) is 0 Å². The van der Waals surface area contributed by atoms with Gasteiger partial charge in [0, 0.05) is 18.5 Å². The van der Waals surface area contributed by atoms with E-state index in [4.69, 9.17) is 4.74 Å². The Morgan fingerprint density at radius 3 is 2.88 bits per heavy atom. The first-order chi connectivity index (χ1) is 11.8. The summed E-state index contributed by atoms with van der Waals surface area (Å²) in [7, 11) is 0. The molecule has 6 heteroatoms. The largest absolute Gasteiger partial charge is 0.493 e. The zero-order valence-corrected chi connectivity index (χ0v) is 13.8. The number of aromatic nitrogens is 3. The van der Waals surface area contributed by atoms with E-state index in [0.29, 0.717) is 19.1 Å². The smallest absolute Gasteiger partial charge is 0.119 e. The fourth-order valence-corrected chi connectivity index (χ4v) is 3.79. The van der Waals surface area contributed by atoms with Gasteiger partial charge in [0.15, 0.2) is 0 Å². The summed E-state index contributed by atoms with van der Waals surface area (Å²) < 4.78 is 19.8. The quantitative estimate of drug-likeness (QED) is 0.764. The molecule has 0 radical (unpaired) electrons. The Hall–Kier alpha value is -1.95. The van der Waals surface area contributed by atoms with Gasteiger partial charge in [-0.3, -0.25) is 4.39 Å². The number of hydrogen-bond donors (Lipinski definition) is 0. The molecule has 0 spiro atoms. The number of rotatable bonds is 6. The maximum atomic E-state index is 12.2. The molecule has 0 N–H and O–H groups in total. The minimum Gasteiger partial charge on any atom is -0.493 e. The third kappa shape index (κ3) is 3.15. The fraction of sp³-hybridized carbons (Fsp3) is 0.556. The second-order valence-corrected chi connectivity index (χ2v) is 6.71. The Morgan fingerprint density at radius 1 is 1.25 bits per heavy atom. The molecular formula is C18H23FN4O. The third-order valence-corrected chi connectivity index (χ3v) is 5.15. The number of piperidine rings is 3. The third-order valence-electron chi connectivity index (χ3n) is 5.15. The molecule has 1 aromatic heterocycles. The van der Waals surface area contributed by atoms with E-state index in [-0.39, 0.29) is 6.67 Å². The molecule has 2 aromatic rings. The maximum absolute atomic E-state index is 12.2. The van der Waals surface area contributed by atoms with Crippen molar-refractivity contribution < 1.29 is 9.13 Å². The van der Waals surface area contributed by atoms with Gasteiger partial charge in [0.1, 0.15) is 11.4 Å². The van der Waals surface area contributed by atoms with E-state index < -0.39 is 0 Å². The first-order valence-corrected chi connectivity index (χ1v) is 8.77. The lowest BCUT2D eigenvalue weighted by Gasteiger charge is -2.44. The lowest BCUT2D eigenvalue weighted by Crippen LogP contribution is -2.48. The van der Waals surface area contributed by atoms with Crippen molar-refractivity contribution in [3.05, 3.63) is 30.5 Å². The Bertz CT molecular complexity index is 681. The summed E-state index contributed by atoms with van der Waals surface area (Å²) in [5.41, 5.74) is 1.85. The number of nitrogens with zero attached hydrogens (tertiary/aromatic N) is 4. The monoisotopic (exact) mass is 330 g/mol. The number of fused-ring (bicyclic) bond motifs is 3. The van der Waals surface area contributed by atoms with Gasteiger partial charge in [0.2, 0.25) is 0 Å². The van der Waals surface area contributed by atoms with Crippen molar-refractivity contribution in [2.45, 2.75) is 25.3 Å². The second kappa shape index (κ2) is 6.89. The molecule has 0 aliphatic carbocycles. The van der Waals surface area contributed by atoms with Gasteiger partial charge >= 0.3 is 0 Å². The molecule has 0 amide bonds. The Kier molecular flexibility index (Phi) is 4.47. The topological polar surface area (TPSA) is 43.2 Å². The minimum absolute atomic E-state index is 0.354. The molecule has 3 aliphatic rings. The minimum atomic E-state index is -0.354. The first kappa shape index (κ1) is 15.6. The zero-order chi connectivity index (χ0) is 16.4. The highest BCUT2D eigenvalue weighted by Crippen LogP contribution is 2.35. The molecule has 2 bridgehead atoms. The molecule has 1 aromatic carbocycles. The second-order valence-electron chi connectivity index (χ2n) is 6.71. The number of alkyl halides is 1. The van der Waals surface area contributed by atoms with E-state index in [1.807, 2.05) is 35.1 Å². The molecule has 4 heterocycles. The summed E-state index contributed by atoms with van der Waals surface area (Å²) in [6.07, 6.45) is 4.99. The average Bonchev–Trinajstić information content (AvgIpc) is 3.13. The normalized spacial score (nSPS) is 25.8. The Labute approximate surface area is 141 Å². The molecule has 1 atom stereocenters. The van der Waals surface area contributed by atoms with E-state index in [0.717, 1.165) is 29.5 Å². The first-order valence-electron chi connectivity index (χ1n) is 8.77. The number of benzene rings is 1. The number of hydrogen-bond acceptors (Lipinski definition) is 4. The van der Waals surface area contributed by atoms with Crippen LogP contribution in [0, 0.1) is 5.92 Å². The van der Waals surface area contributed by atoms with Gasteiger partial charge in [-0.1, -0.05) is 17.3 Å². The van der Waals surface area contributed by atoms with Crippen LogP contribution in [-0.2, 0) is 0 Å². The summed E-state index contributed by atoms with van der Waals surface area (Å²) in [4.78, 5) is 2.52. The van der Waals surface area contributed by atoms with Gasteiger partial charge < -0.3 is 9.64 Å². The lowest BCUT2D eigenvalue weighted by atomic mass is 9.84. The highest BCUT2D eigenvalue weighted by molar-refractivity contribution is 5.59. The van der Waals surface area contributed by atoms with E-state index >= 15 is 0 Å². The molecular weight excluding hydrogens is 307 g/mol. The van der Waals surface area contributed by atoms with E-state index in [9.17, 15) is 4.39 Å². The van der Waals surface area contributed by atoms with Crippen LogP contribution in [0.5, 0.6) is 5.75 Å². The van der Waals surface area contributed by atoms with Crippen molar-refractivity contribution in [2.75, 3.05) is 32.9 Å². The number of ether oxygens (including phenoxy) is 1. The summed E-state index contributed by atoms with van der Waals surface area (Å²) in [6.45, 7) is 3.57. The van der Waals surface area contributed by atoms with Crippen molar-refractivity contribution in [2.24, 2.45) is 5.92 Å². The van der Waals surface area contributed by atoms with Crippen LogP contribution in [-0.4, -0.2) is 52.8 Å². The van der Waals surface area contributed by atoms with Crippen LogP contribution in [0.1, 0.15) is 25.3 Å². The predicted octanol–water partition coefficient (Wildman–Crippen LogP) is 2.95. The van der Waals surface area contributed by atoms with Gasteiger partial charge in [0.25, 0.3) is 0 Å². The molecule has 3 aliphatic heterocycles. The van der Waals surface area contributed by atoms with Crippen molar-refractivity contribution >= 4 is 0 Å². The molecule has 0 saturated carbocycles. The van der Waals surface area contributed by atoms with Crippen LogP contribution < -0.4 is 4.74 Å². The molecule has 24 heavy (non-hydrogen) atoms. The van der Waals surface area contributed by atoms with Crippen LogP contribution in [0.3, 0.4) is 0 Å². The van der Waals surface area contributed by atoms with Gasteiger partial charge in [-0.2, -0.15) is 0 Å². The highest BCUT2D eigenvalue weighted by Gasteiger charge is 2.35. The van der Waals surface area contributed by atoms with Crippen molar-refractivity contribution in [1.29, 1.82) is 0 Å². The summed E-state index contributed by atoms with van der Waals surface area (Å²) in [5, 5.41) is 8.75. The van der Waals surface area contributed by atoms with Crippen molar-refractivity contribution in [3.63, 3.8) is 0 Å². The van der Waals surface area contributed by atoms with Crippen LogP contribution in [0.15, 0.2) is 30.5 Å². The molecule has 3 saturated heterocycles. The predicted molar refractivity (Wildman–Crippen MR) is 89.7 cm³/mol. The van der Waals surface area contributed by atoms with Crippen molar-refractivity contribution in [3.8, 4) is 17.0 Å².